The maximum atomic E-state index is 12.7. The predicted octanol–water partition coefficient (Wildman–Crippen LogP) is 2.04. The van der Waals surface area contributed by atoms with Crippen LogP contribution in [0.1, 0.15) is 29.8 Å². The first kappa shape index (κ1) is 12.8. The van der Waals surface area contributed by atoms with Gasteiger partial charge in [-0.15, -0.1) is 0 Å². The minimum atomic E-state index is -0.0221. The molecular formula is C16H19N3O2. The number of nitrogens with zero attached hydrogens (tertiary/aromatic N) is 2. The second kappa shape index (κ2) is 4.84. The van der Waals surface area contributed by atoms with Crippen LogP contribution in [0.4, 0.5) is 0 Å². The Hall–Kier alpha value is -1.88. The summed E-state index contributed by atoms with van der Waals surface area (Å²) in [5, 5.41) is 8.26. The SMILES string of the molecule is O=C(c1onc2ccccc12)N1CC[C@@]2(CCCNC2)C1. The normalized spacial score (nSPS) is 25.8. The molecule has 1 amide bonds. The van der Waals surface area contributed by atoms with E-state index in [-0.39, 0.29) is 11.3 Å². The number of benzene rings is 1. The second-order valence-corrected chi connectivity index (χ2v) is 6.29. The Kier molecular flexibility index (Phi) is 2.96. The van der Waals surface area contributed by atoms with Crippen LogP contribution < -0.4 is 5.32 Å². The maximum Gasteiger partial charge on any atom is 0.293 e. The van der Waals surface area contributed by atoms with Gasteiger partial charge in [-0.25, -0.2) is 0 Å². The summed E-state index contributed by atoms with van der Waals surface area (Å²) in [6, 6.07) is 7.57. The topological polar surface area (TPSA) is 58.4 Å². The smallest absolute Gasteiger partial charge is 0.293 e. The molecule has 4 rings (SSSR count). The van der Waals surface area contributed by atoms with E-state index in [1.165, 1.54) is 12.8 Å². The Morgan fingerprint density at radius 3 is 3.10 bits per heavy atom. The van der Waals surface area contributed by atoms with Gasteiger partial charge in [-0.2, -0.15) is 0 Å². The van der Waals surface area contributed by atoms with Crippen molar-refractivity contribution in [2.24, 2.45) is 5.41 Å². The van der Waals surface area contributed by atoms with Crippen molar-refractivity contribution in [1.29, 1.82) is 0 Å². The molecule has 1 aromatic heterocycles. The van der Waals surface area contributed by atoms with Gasteiger partial charge in [-0.1, -0.05) is 17.3 Å². The van der Waals surface area contributed by atoms with Crippen molar-refractivity contribution in [3.63, 3.8) is 0 Å². The third-order valence-corrected chi connectivity index (χ3v) is 4.86. The van der Waals surface area contributed by atoms with Crippen molar-refractivity contribution in [3.8, 4) is 0 Å². The molecule has 0 aliphatic carbocycles. The molecule has 5 nitrogen and oxygen atoms in total. The number of hydrogen-bond acceptors (Lipinski definition) is 4. The summed E-state index contributed by atoms with van der Waals surface area (Å²) in [4.78, 5) is 14.7. The second-order valence-electron chi connectivity index (χ2n) is 6.29. The number of likely N-dealkylation sites (tertiary alicyclic amines) is 1. The van der Waals surface area contributed by atoms with Crippen LogP contribution in [-0.2, 0) is 0 Å². The molecule has 0 unspecified atom stereocenters. The lowest BCUT2D eigenvalue weighted by Gasteiger charge is -2.33. The van der Waals surface area contributed by atoms with E-state index in [1.807, 2.05) is 29.2 Å². The van der Waals surface area contributed by atoms with Gasteiger partial charge in [0.2, 0.25) is 5.76 Å². The summed E-state index contributed by atoms with van der Waals surface area (Å²) in [5.74, 6) is 0.359. The van der Waals surface area contributed by atoms with E-state index >= 15 is 0 Å². The van der Waals surface area contributed by atoms with Crippen LogP contribution in [0.25, 0.3) is 10.9 Å². The van der Waals surface area contributed by atoms with E-state index < -0.39 is 0 Å². The van der Waals surface area contributed by atoms with Crippen LogP contribution in [-0.4, -0.2) is 42.1 Å². The minimum absolute atomic E-state index is 0.0221. The summed E-state index contributed by atoms with van der Waals surface area (Å²) < 4.78 is 5.31. The average molecular weight is 285 g/mol. The molecule has 2 aliphatic rings. The van der Waals surface area contributed by atoms with Gasteiger partial charge in [-0.05, 0) is 37.9 Å². The molecule has 5 heteroatoms. The van der Waals surface area contributed by atoms with E-state index in [4.69, 9.17) is 4.52 Å². The highest BCUT2D eigenvalue weighted by atomic mass is 16.5. The standard InChI is InChI=1S/C16H19N3O2/c20-15(14-12-4-1-2-5-13(12)18-21-14)19-9-7-16(11-19)6-3-8-17-10-16/h1-2,4-5,17H,3,6-11H2/t16-/m1/s1. The molecule has 1 N–H and O–H groups in total. The first-order valence-corrected chi connectivity index (χ1v) is 7.62. The quantitative estimate of drug-likeness (QED) is 0.871. The average Bonchev–Trinajstić information content (AvgIpc) is 3.12. The Balaban J connectivity index is 1.58. The summed E-state index contributed by atoms with van der Waals surface area (Å²) in [6.45, 7) is 3.76. The highest BCUT2D eigenvalue weighted by Gasteiger charge is 2.41. The number of carbonyl (C=O) groups excluding carboxylic acids is 1. The molecule has 1 atom stereocenters. The molecule has 2 aliphatic heterocycles. The van der Waals surface area contributed by atoms with Gasteiger partial charge >= 0.3 is 0 Å². The van der Waals surface area contributed by atoms with Crippen LogP contribution in [0.3, 0.4) is 0 Å². The predicted molar refractivity (Wildman–Crippen MR) is 79.1 cm³/mol. The highest BCUT2D eigenvalue weighted by molar-refractivity contribution is 6.03. The molecular weight excluding hydrogens is 266 g/mol. The van der Waals surface area contributed by atoms with Gasteiger partial charge in [0.25, 0.3) is 5.91 Å². The summed E-state index contributed by atoms with van der Waals surface area (Å²) in [7, 11) is 0. The van der Waals surface area contributed by atoms with E-state index in [2.05, 4.69) is 10.5 Å². The van der Waals surface area contributed by atoms with Gasteiger partial charge in [0.05, 0.1) is 5.39 Å². The van der Waals surface area contributed by atoms with Crippen LogP contribution in [0.2, 0.25) is 0 Å². The van der Waals surface area contributed by atoms with Crippen molar-refractivity contribution in [2.45, 2.75) is 19.3 Å². The molecule has 0 radical (unpaired) electrons. The highest BCUT2D eigenvalue weighted by Crippen LogP contribution is 2.37. The minimum Gasteiger partial charge on any atom is -0.350 e. The number of piperidine rings is 1. The summed E-state index contributed by atoms with van der Waals surface area (Å²) >= 11 is 0. The lowest BCUT2D eigenvalue weighted by molar-refractivity contribution is 0.0726. The number of rotatable bonds is 1. The molecule has 3 heterocycles. The largest absolute Gasteiger partial charge is 0.350 e. The van der Waals surface area contributed by atoms with E-state index in [9.17, 15) is 4.79 Å². The third-order valence-electron chi connectivity index (χ3n) is 4.86. The monoisotopic (exact) mass is 285 g/mol. The van der Waals surface area contributed by atoms with Crippen LogP contribution in [0.5, 0.6) is 0 Å². The molecule has 0 bridgehead atoms. The molecule has 2 fully saturated rings. The first-order valence-electron chi connectivity index (χ1n) is 7.62. The number of carbonyl (C=O) groups is 1. The lowest BCUT2D eigenvalue weighted by atomic mass is 9.80. The molecule has 110 valence electrons. The van der Waals surface area contributed by atoms with Crippen molar-refractivity contribution in [3.05, 3.63) is 30.0 Å². The number of hydrogen-bond donors (Lipinski definition) is 1. The lowest BCUT2D eigenvalue weighted by Crippen LogP contribution is -2.42. The zero-order valence-corrected chi connectivity index (χ0v) is 12.0. The number of fused-ring (bicyclic) bond motifs is 1. The Morgan fingerprint density at radius 1 is 1.33 bits per heavy atom. The van der Waals surface area contributed by atoms with Crippen LogP contribution >= 0.6 is 0 Å². The van der Waals surface area contributed by atoms with Gasteiger partial charge in [0, 0.05) is 25.0 Å². The molecule has 1 aromatic carbocycles. The van der Waals surface area contributed by atoms with Gasteiger partial charge in [0.1, 0.15) is 5.52 Å². The van der Waals surface area contributed by atoms with E-state index in [0.29, 0.717) is 5.76 Å². The van der Waals surface area contributed by atoms with Crippen molar-refractivity contribution in [2.75, 3.05) is 26.2 Å². The number of aromatic nitrogens is 1. The summed E-state index contributed by atoms with van der Waals surface area (Å²) in [6.07, 6.45) is 3.49. The zero-order valence-electron chi connectivity index (χ0n) is 12.0. The van der Waals surface area contributed by atoms with Crippen molar-refractivity contribution in [1.82, 2.24) is 15.4 Å². The molecule has 2 aromatic rings. The zero-order chi connectivity index (χ0) is 14.3. The Bertz CT molecular complexity index is 673. The van der Waals surface area contributed by atoms with E-state index in [1.54, 1.807) is 0 Å². The first-order chi connectivity index (χ1) is 10.3. The summed E-state index contributed by atoms with van der Waals surface area (Å²) in [5.41, 5.74) is 1.01. The van der Waals surface area contributed by atoms with Gasteiger partial charge in [0.15, 0.2) is 0 Å². The van der Waals surface area contributed by atoms with Crippen LogP contribution in [0, 0.1) is 5.41 Å². The number of nitrogens with one attached hydrogen (secondary N) is 1. The third kappa shape index (κ3) is 2.12. The van der Waals surface area contributed by atoms with Crippen LogP contribution in [0.15, 0.2) is 28.8 Å². The molecule has 1 spiro atoms. The molecule has 2 saturated heterocycles. The van der Waals surface area contributed by atoms with E-state index in [0.717, 1.165) is 43.5 Å². The van der Waals surface area contributed by atoms with Gasteiger partial charge < -0.3 is 14.7 Å². The fraction of sp³-hybridized carbons (Fsp3) is 0.500. The van der Waals surface area contributed by atoms with Crippen molar-refractivity contribution >= 4 is 16.8 Å². The maximum absolute atomic E-state index is 12.7. The van der Waals surface area contributed by atoms with Gasteiger partial charge in [-0.3, -0.25) is 4.79 Å². The molecule has 21 heavy (non-hydrogen) atoms. The Labute approximate surface area is 123 Å². The van der Waals surface area contributed by atoms with Crippen molar-refractivity contribution < 1.29 is 9.32 Å². The fourth-order valence-electron chi connectivity index (χ4n) is 3.67. The molecule has 0 saturated carbocycles. The number of amides is 1. The Morgan fingerprint density at radius 2 is 2.24 bits per heavy atom. The fourth-order valence-corrected chi connectivity index (χ4v) is 3.67.